The summed E-state index contributed by atoms with van der Waals surface area (Å²) in [5.41, 5.74) is 0. The van der Waals surface area contributed by atoms with E-state index in [2.05, 4.69) is 10.0 Å². The Morgan fingerprint density at radius 1 is 0.952 bits per heavy atom. The highest BCUT2D eigenvalue weighted by atomic mass is 32.2. The lowest BCUT2D eigenvalue weighted by Crippen LogP contribution is -2.50. The van der Waals surface area contributed by atoms with Gasteiger partial charge in [-0.1, -0.05) is 0 Å². The Labute approximate surface area is 127 Å². The molecule has 2 N–H and O–H groups in total. The van der Waals surface area contributed by atoms with Crippen molar-refractivity contribution in [2.75, 3.05) is 32.8 Å². The maximum atomic E-state index is 12.4. The molecule has 0 aromatic carbocycles. The minimum atomic E-state index is -3.32. The first kappa shape index (κ1) is 15.7. The first-order valence-corrected chi connectivity index (χ1v) is 9.66. The summed E-state index contributed by atoms with van der Waals surface area (Å²) in [6, 6.07) is 0.778. The number of nitrogens with one attached hydrogen (secondary N) is 2. The van der Waals surface area contributed by atoms with Gasteiger partial charge in [-0.2, -0.15) is 17.4 Å². The van der Waals surface area contributed by atoms with Crippen molar-refractivity contribution in [3.63, 3.8) is 0 Å². The first-order chi connectivity index (χ1) is 10.1. The molecule has 0 atom stereocenters. The van der Waals surface area contributed by atoms with Gasteiger partial charge in [-0.15, -0.1) is 0 Å². The zero-order valence-corrected chi connectivity index (χ0v) is 13.4. The molecule has 1 aliphatic carbocycles. The molecule has 6 nitrogen and oxygen atoms in total. The Morgan fingerprint density at radius 2 is 1.62 bits per heavy atom. The summed E-state index contributed by atoms with van der Waals surface area (Å²) >= 11 is 0. The summed E-state index contributed by atoms with van der Waals surface area (Å²) in [6.45, 7) is 3.65. The summed E-state index contributed by atoms with van der Waals surface area (Å²) in [7, 11) is -3.32. The molecule has 2 aliphatic heterocycles. The molecule has 0 aromatic heterocycles. The third kappa shape index (κ3) is 4.63. The highest BCUT2D eigenvalue weighted by Crippen LogP contribution is 2.23. The fourth-order valence-corrected chi connectivity index (χ4v) is 4.57. The van der Waals surface area contributed by atoms with E-state index in [1.165, 1.54) is 12.8 Å². The molecule has 0 unspecified atom stereocenters. The van der Waals surface area contributed by atoms with Gasteiger partial charge in [-0.3, -0.25) is 0 Å². The Morgan fingerprint density at radius 3 is 2.24 bits per heavy atom. The predicted molar refractivity (Wildman–Crippen MR) is 81.2 cm³/mol. The summed E-state index contributed by atoms with van der Waals surface area (Å²) in [4.78, 5) is 0. The molecule has 122 valence electrons. The molecule has 1 saturated carbocycles. The van der Waals surface area contributed by atoms with Crippen molar-refractivity contribution >= 4 is 10.2 Å². The van der Waals surface area contributed by atoms with Crippen molar-refractivity contribution in [3.05, 3.63) is 0 Å². The van der Waals surface area contributed by atoms with Crippen molar-refractivity contribution in [1.29, 1.82) is 0 Å². The van der Waals surface area contributed by atoms with Gasteiger partial charge in [0.1, 0.15) is 0 Å². The SMILES string of the molecule is O=S(=O)(NC1CCOCC1)N1CCC(CNC2CC2)CC1. The summed E-state index contributed by atoms with van der Waals surface area (Å²) in [5.74, 6) is 0.625. The zero-order valence-electron chi connectivity index (χ0n) is 12.6. The second kappa shape index (κ2) is 6.91. The van der Waals surface area contributed by atoms with Gasteiger partial charge in [-0.25, -0.2) is 0 Å². The maximum Gasteiger partial charge on any atom is 0.279 e. The van der Waals surface area contributed by atoms with Crippen molar-refractivity contribution in [2.24, 2.45) is 5.92 Å². The smallest absolute Gasteiger partial charge is 0.279 e. The lowest BCUT2D eigenvalue weighted by molar-refractivity contribution is 0.0826. The fourth-order valence-electron chi connectivity index (χ4n) is 3.08. The van der Waals surface area contributed by atoms with Crippen LogP contribution in [0.15, 0.2) is 0 Å². The topological polar surface area (TPSA) is 70.7 Å². The fraction of sp³-hybridized carbons (Fsp3) is 1.00. The van der Waals surface area contributed by atoms with Crippen LogP contribution in [-0.2, 0) is 14.9 Å². The van der Waals surface area contributed by atoms with Crippen LogP contribution in [0, 0.1) is 5.92 Å². The Hall–Kier alpha value is -0.210. The Balaban J connectivity index is 1.43. The van der Waals surface area contributed by atoms with Gasteiger partial charge in [-0.05, 0) is 51.0 Å². The van der Waals surface area contributed by atoms with Gasteiger partial charge in [0.05, 0.1) is 0 Å². The van der Waals surface area contributed by atoms with Gasteiger partial charge >= 0.3 is 0 Å². The average molecular weight is 317 g/mol. The molecule has 0 aromatic rings. The van der Waals surface area contributed by atoms with E-state index in [4.69, 9.17) is 4.74 Å². The first-order valence-electron chi connectivity index (χ1n) is 8.22. The molecule has 3 aliphatic rings. The normalized spacial score (nSPS) is 27.0. The molecule has 2 heterocycles. The van der Waals surface area contributed by atoms with Crippen LogP contribution < -0.4 is 10.0 Å². The minimum Gasteiger partial charge on any atom is -0.381 e. The van der Waals surface area contributed by atoms with E-state index in [0.717, 1.165) is 38.3 Å². The van der Waals surface area contributed by atoms with Crippen LogP contribution in [0.25, 0.3) is 0 Å². The molecular weight excluding hydrogens is 290 g/mol. The zero-order chi connectivity index (χ0) is 14.7. The van der Waals surface area contributed by atoms with Crippen LogP contribution in [0.1, 0.15) is 38.5 Å². The molecule has 0 amide bonds. The number of ether oxygens (including phenoxy) is 1. The summed E-state index contributed by atoms with van der Waals surface area (Å²) in [5, 5.41) is 3.55. The van der Waals surface area contributed by atoms with Crippen molar-refractivity contribution in [3.8, 4) is 0 Å². The molecular formula is C14H27N3O3S. The molecule has 2 saturated heterocycles. The molecule has 3 fully saturated rings. The number of nitrogens with zero attached hydrogens (tertiary/aromatic N) is 1. The van der Waals surface area contributed by atoms with Crippen molar-refractivity contribution in [2.45, 2.75) is 50.6 Å². The van der Waals surface area contributed by atoms with E-state index in [9.17, 15) is 8.42 Å². The Bertz CT molecular complexity index is 425. The largest absolute Gasteiger partial charge is 0.381 e. The van der Waals surface area contributed by atoms with E-state index in [-0.39, 0.29) is 6.04 Å². The monoisotopic (exact) mass is 317 g/mol. The molecule has 0 radical (unpaired) electrons. The van der Waals surface area contributed by atoms with Gasteiger partial charge in [0.15, 0.2) is 0 Å². The molecule has 3 rings (SSSR count). The second-order valence-corrected chi connectivity index (χ2v) is 8.24. The molecule has 0 spiro atoms. The second-order valence-electron chi connectivity index (χ2n) is 6.53. The number of rotatable bonds is 6. The van der Waals surface area contributed by atoms with Crippen LogP contribution in [0.3, 0.4) is 0 Å². The van der Waals surface area contributed by atoms with E-state index in [0.29, 0.717) is 32.2 Å². The third-order valence-electron chi connectivity index (χ3n) is 4.72. The highest BCUT2D eigenvalue weighted by molar-refractivity contribution is 7.87. The quantitative estimate of drug-likeness (QED) is 0.747. The lowest BCUT2D eigenvalue weighted by Gasteiger charge is -2.33. The van der Waals surface area contributed by atoms with Crippen LogP contribution in [0.5, 0.6) is 0 Å². The van der Waals surface area contributed by atoms with Crippen molar-refractivity contribution < 1.29 is 13.2 Å². The van der Waals surface area contributed by atoms with Gasteiger partial charge in [0.25, 0.3) is 10.2 Å². The lowest BCUT2D eigenvalue weighted by atomic mass is 9.98. The predicted octanol–water partition coefficient (Wildman–Crippen LogP) is 0.464. The van der Waals surface area contributed by atoms with Crippen LogP contribution in [0.4, 0.5) is 0 Å². The number of hydrogen-bond acceptors (Lipinski definition) is 4. The number of piperidine rings is 1. The average Bonchev–Trinajstić information content (AvgIpc) is 3.30. The minimum absolute atomic E-state index is 0.0398. The van der Waals surface area contributed by atoms with Crippen LogP contribution in [0.2, 0.25) is 0 Å². The van der Waals surface area contributed by atoms with Gasteiger partial charge < -0.3 is 10.1 Å². The molecule has 21 heavy (non-hydrogen) atoms. The maximum absolute atomic E-state index is 12.4. The standard InChI is InChI=1S/C14H27N3O3S/c18-21(19,16-14-5-9-20-10-6-14)17-7-3-12(4-8-17)11-15-13-1-2-13/h12-16H,1-11H2. The highest BCUT2D eigenvalue weighted by Gasteiger charge is 2.31. The molecule has 7 heteroatoms. The number of hydrogen-bond donors (Lipinski definition) is 2. The van der Waals surface area contributed by atoms with Gasteiger partial charge in [0.2, 0.25) is 0 Å². The third-order valence-corrected chi connectivity index (χ3v) is 6.40. The molecule has 0 bridgehead atoms. The van der Waals surface area contributed by atoms with E-state index >= 15 is 0 Å². The van der Waals surface area contributed by atoms with Crippen molar-refractivity contribution in [1.82, 2.24) is 14.3 Å². The van der Waals surface area contributed by atoms with E-state index in [1.54, 1.807) is 4.31 Å². The Kier molecular flexibility index (Phi) is 5.16. The summed E-state index contributed by atoms with van der Waals surface area (Å²) in [6.07, 6.45) is 6.11. The summed E-state index contributed by atoms with van der Waals surface area (Å²) < 4.78 is 34.5. The van der Waals surface area contributed by atoms with E-state index < -0.39 is 10.2 Å². The van der Waals surface area contributed by atoms with E-state index in [1.807, 2.05) is 0 Å². The van der Waals surface area contributed by atoms with Crippen LogP contribution >= 0.6 is 0 Å². The van der Waals surface area contributed by atoms with Gasteiger partial charge in [0, 0.05) is 38.4 Å². The van der Waals surface area contributed by atoms with Crippen LogP contribution in [-0.4, -0.2) is 57.7 Å².